The van der Waals surface area contributed by atoms with Gasteiger partial charge in [0, 0.05) is 11.3 Å². The molecule has 2 aromatic carbocycles. The molecule has 0 aliphatic carbocycles. The molecule has 0 fully saturated rings. The number of amides is 1. The molecule has 0 unspecified atom stereocenters. The number of benzene rings is 2. The summed E-state index contributed by atoms with van der Waals surface area (Å²) >= 11 is 0. The smallest absolute Gasteiger partial charge is 0.255 e. The first-order valence-electron chi connectivity index (χ1n) is 6.80. The number of anilines is 1. The van der Waals surface area contributed by atoms with Crippen molar-refractivity contribution in [2.75, 3.05) is 12.4 Å². The van der Waals surface area contributed by atoms with Gasteiger partial charge in [-0.15, -0.1) is 0 Å². The van der Waals surface area contributed by atoms with Crippen molar-refractivity contribution < 1.29 is 9.63 Å². The minimum Gasteiger partial charge on any atom is -0.399 e. The third-order valence-corrected chi connectivity index (χ3v) is 3.10. The van der Waals surface area contributed by atoms with Crippen LogP contribution in [0.4, 0.5) is 5.69 Å². The lowest BCUT2D eigenvalue weighted by Crippen LogP contribution is -2.11. The molecule has 0 heterocycles. The zero-order valence-corrected chi connectivity index (χ0v) is 12.2. The summed E-state index contributed by atoms with van der Waals surface area (Å²) in [5.74, 6) is -0.130. The van der Waals surface area contributed by atoms with Crippen molar-refractivity contribution in [1.29, 1.82) is 0 Å². The van der Waals surface area contributed by atoms with Crippen LogP contribution in [0.15, 0.2) is 53.7 Å². The second-order valence-electron chi connectivity index (χ2n) is 4.54. The molecule has 0 aromatic heterocycles. The monoisotopic (exact) mass is 282 g/mol. The van der Waals surface area contributed by atoms with E-state index in [9.17, 15) is 4.79 Å². The van der Waals surface area contributed by atoms with E-state index in [0.717, 1.165) is 17.7 Å². The number of rotatable bonds is 5. The van der Waals surface area contributed by atoms with Crippen LogP contribution in [0.1, 0.15) is 28.4 Å². The molecule has 0 radical (unpaired) electrons. The number of nitrogens with one attached hydrogen (secondary N) is 1. The molecule has 4 heteroatoms. The Balaban J connectivity index is 2.03. The van der Waals surface area contributed by atoms with Crippen molar-refractivity contribution in [1.82, 2.24) is 0 Å². The minimum atomic E-state index is -0.130. The summed E-state index contributed by atoms with van der Waals surface area (Å²) in [5, 5.41) is 6.55. The van der Waals surface area contributed by atoms with E-state index in [-0.39, 0.29) is 5.91 Å². The molecule has 0 saturated carbocycles. The van der Waals surface area contributed by atoms with Crippen molar-refractivity contribution in [3.05, 3.63) is 65.2 Å². The summed E-state index contributed by atoms with van der Waals surface area (Å²) in [7, 11) is 1.49. The average Bonchev–Trinajstić information content (AvgIpc) is 2.54. The molecule has 0 atom stereocenters. The SMILES string of the molecule is CCc1ccc(NC(=O)c2ccc(/C=N/OC)cc2)cc1. The third kappa shape index (κ3) is 4.18. The van der Waals surface area contributed by atoms with Crippen LogP contribution in [0.25, 0.3) is 0 Å². The molecule has 0 aliphatic rings. The average molecular weight is 282 g/mol. The van der Waals surface area contributed by atoms with Crippen molar-refractivity contribution in [2.45, 2.75) is 13.3 Å². The van der Waals surface area contributed by atoms with E-state index in [2.05, 4.69) is 22.2 Å². The predicted octanol–water partition coefficient (Wildman–Crippen LogP) is 3.48. The number of hydrogen-bond donors (Lipinski definition) is 1. The van der Waals surface area contributed by atoms with E-state index in [4.69, 9.17) is 0 Å². The molecule has 1 N–H and O–H groups in total. The van der Waals surface area contributed by atoms with Gasteiger partial charge in [-0.3, -0.25) is 4.79 Å². The Morgan fingerprint density at radius 1 is 1.14 bits per heavy atom. The second kappa shape index (κ2) is 7.24. The van der Waals surface area contributed by atoms with Gasteiger partial charge in [-0.05, 0) is 41.8 Å². The highest BCUT2D eigenvalue weighted by Crippen LogP contribution is 2.12. The zero-order chi connectivity index (χ0) is 15.1. The molecule has 108 valence electrons. The Kier molecular flexibility index (Phi) is 5.10. The highest BCUT2D eigenvalue weighted by Gasteiger charge is 2.05. The maximum atomic E-state index is 12.1. The van der Waals surface area contributed by atoms with Crippen molar-refractivity contribution >= 4 is 17.8 Å². The standard InChI is InChI=1S/C17H18N2O2/c1-3-13-6-10-16(11-7-13)19-17(20)15-8-4-14(5-9-15)12-18-21-2/h4-12H,3H2,1-2H3,(H,19,20)/b18-12+. The Bertz CT molecular complexity index is 616. The van der Waals surface area contributed by atoms with Gasteiger partial charge < -0.3 is 10.2 Å². The fraction of sp³-hybridized carbons (Fsp3) is 0.176. The number of carbonyl (C=O) groups is 1. The van der Waals surface area contributed by atoms with Crippen molar-refractivity contribution in [2.24, 2.45) is 5.16 Å². The summed E-state index contributed by atoms with van der Waals surface area (Å²) in [6.45, 7) is 2.10. The normalized spacial score (nSPS) is 10.6. The largest absolute Gasteiger partial charge is 0.399 e. The molecule has 0 bridgehead atoms. The molecular weight excluding hydrogens is 264 g/mol. The Morgan fingerprint density at radius 3 is 2.38 bits per heavy atom. The molecule has 21 heavy (non-hydrogen) atoms. The fourth-order valence-corrected chi connectivity index (χ4v) is 1.86. The highest BCUT2D eigenvalue weighted by atomic mass is 16.6. The van der Waals surface area contributed by atoms with Gasteiger partial charge in [-0.2, -0.15) is 0 Å². The topological polar surface area (TPSA) is 50.7 Å². The van der Waals surface area contributed by atoms with E-state index >= 15 is 0 Å². The predicted molar refractivity (Wildman–Crippen MR) is 84.8 cm³/mol. The molecule has 4 nitrogen and oxygen atoms in total. The van der Waals surface area contributed by atoms with Crippen LogP contribution in [0, 0.1) is 0 Å². The summed E-state index contributed by atoms with van der Waals surface area (Å²) in [5.41, 5.74) is 3.52. The molecule has 0 aliphatic heterocycles. The Hall–Kier alpha value is -2.62. The van der Waals surface area contributed by atoms with Crippen LogP contribution >= 0.6 is 0 Å². The van der Waals surface area contributed by atoms with Gasteiger partial charge >= 0.3 is 0 Å². The van der Waals surface area contributed by atoms with E-state index in [0.29, 0.717) is 5.56 Å². The number of nitrogens with zero attached hydrogens (tertiary/aromatic N) is 1. The molecule has 1 amide bonds. The Morgan fingerprint density at radius 2 is 1.81 bits per heavy atom. The van der Waals surface area contributed by atoms with E-state index in [1.807, 2.05) is 36.4 Å². The second-order valence-corrected chi connectivity index (χ2v) is 4.54. The highest BCUT2D eigenvalue weighted by molar-refractivity contribution is 6.04. The lowest BCUT2D eigenvalue weighted by Gasteiger charge is -2.06. The summed E-state index contributed by atoms with van der Waals surface area (Å²) in [6.07, 6.45) is 2.57. The van der Waals surface area contributed by atoms with Crippen LogP contribution in [-0.2, 0) is 11.3 Å². The number of aryl methyl sites for hydroxylation is 1. The van der Waals surface area contributed by atoms with Gasteiger partial charge in [0.1, 0.15) is 7.11 Å². The minimum absolute atomic E-state index is 0.130. The summed E-state index contributed by atoms with van der Waals surface area (Å²) < 4.78 is 0. The first-order chi connectivity index (χ1) is 10.2. The van der Waals surface area contributed by atoms with Gasteiger partial charge in [0.15, 0.2) is 0 Å². The van der Waals surface area contributed by atoms with Crippen molar-refractivity contribution in [3.63, 3.8) is 0 Å². The van der Waals surface area contributed by atoms with Crippen LogP contribution < -0.4 is 5.32 Å². The van der Waals surface area contributed by atoms with Gasteiger partial charge in [0.25, 0.3) is 5.91 Å². The van der Waals surface area contributed by atoms with E-state index < -0.39 is 0 Å². The van der Waals surface area contributed by atoms with E-state index in [1.165, 1.54) is 12.7 Å². The maximum absolute atomic E-state index is 12.1. The van der Waals surface area contributed by atoms with Gasteiger partial charge in [0.05, 0.1) is 6.21 Å². The first-order valence-corrected chi connectivity index (χ1v) is 6.80. The van der Waals surface area contributed by atoms with Crippen LogP contribution in [0.5, 0.6) is 0 Å². The number of oxime groups is 1. The summed E-state index contributed by atoms with van der Waals surface area (Å²) in [4.78, 5) is 16.7. The molecule has 2 aromatic rings. The van der Waals surface area contributed by atoms with Crippen LogP contribution in [-0.4, -0.2) is 19.2 Å². The van der Waals surface area contributed by atoms with Gasteiger partial charge in [-0.25, -0.2) is 0 Å². The third-order valence-electron chi connectivity index (χ3n) is 3.10. The molecular formula is C17H18N2O2. The van der Waals surface area contributed by atoms with E-state index in [1.54, 1.807) is 18.3 Å². The van der Waals surface area contributed by atoms with Gasteiger partial charge in [-0.1, -0.05) is 36.3 Å². The molecule has 2 rings (SSSR count). The van der Waals surface area contributed by atoms with Crippen LogP contribution in [0.3, 0.4) is 0 Å². The molecule has 0 spiro atoms. The van der Waals surface area contributed by atoms with Gasteiger partial charge in [0.2, 0.25) is 0 Å². The number of hydrogen-bond acceptors (Lipinski definition) is 3. The lowest BCUT2D eigenvalue weighted by atomic mass is 10.1. The zero-order valence-electron chi connectivity index (χ0n) is 12.2. The quantitative estimate of drug-likeness (QED) is 0.674. The fourth-order valence-electron chi connectivity index (χ4n) is 1.86. The van der Waals surface area contributed by atoms with Crippen molar-refractivity contribution in [3.8, 4) is 0 Å². The maximum Gasteiger partial charge on any atom is 0.255 e. The summed E-state index contributed by atoms with van der Waals surface area (Å²) in [6, 6.07) is 15.0. The van der Waals surface area contributed by atoms with Crippen LogP contribution in [0.2, 0.25) is 0 Å². The number of carbonyl (C=O) groups excluding carboxylic acids is 1. The Labute approximate surface area is 124 Å². The first kappa shape index (κ1) is 14.8. The molecule has 0 saturated heterocycles. The lowest BCUT2D eigenvalue weighted by molar-refractivity contribution is 0.102.